The minimum Gasteiger partial charge on any atom is -0.339 e. The van der Waals surface area contributed by atoms with Crippen molar-refractivity contribution in [3.63, 3.8) is 0 Å². The number of rotatable bonds is 7. The maximum absolute atomic E-state index is 12.5. The van der Waals surface area contributed by atoms with Crippen LogP contribution in [0.1, 0.15) is 30.7 Å². The molecule has 0 spiro atoms. The molecule has 1 N–H and O–H groups in total. The molecule has 1 unspecified atom stereocenters. The molecule has 0 radical (unpaired) electrons. The van der Waals surface area contributed by atoms with Crippen LogP contribution in [-0.4, -0.2) is 50.7 Å². The minimum atomic E-state index is 0.0125. The average molecular weight is 406 g/mol. The summed E-state index contributed by atoms with van der Waals surface area (Å²) in [5, 5.41) is 7.05. The van der Waals surface area contributed by atoms with Crippen LogP contribution >= 0.6 is 0 Å². The lowest BCUT2D eigenvalue weighted by Crippen LogP contribution is -2.46. The Labute approximate surface area is 175 Å². The SMILES string of the molecule is O=C(NCCCc1ccccc1)N1CCCC(Cc2nc(-c3cnccn3)no2)C1. The van der Waals surface area contributed by atoms with E-state index in [0.29, 0.717) is 42.8 Å². The van der Waals surface area contributed by atoms with Crippen molar-refractivity contribution in [3.05, 3.63) is 60.4 Å². The highest BCUT2D eigenvalue weighted by molar-refractivity contribution is 5.74. The van der Waals surface area contributed by atoms with E-state index in [1.165, 1.54) is 5.56 Å². The van der Waals surface area contributed by atoms with Crippen molar-refractivity contribution in [2.75, 3.05) is 19.6 Å². The van der Waals surface area contributed by atoms with Gasteiger partial charge in [-0.05, 0) is 37.2 Å². The molecule has 1 saturated heterocycles. The molecular weight excluding hydrogens is 380 g/mol. The smallest absolute Gasteiger partial charge is 0.317 e. The molecule has 1 atom stereocenters. The number of hydrogen-bond acceptors (Lipinski definition) is 6. The van der Waals surface area contributed by atoms with Gasteiger partial charge in [0.15, 0.2) is 0 Å². The highest BCUT2D eigenvalue weighted by Crippen LogP contribution is 2.21. The molecular formula is C22H26N6O2. The lowest BCUT2D eigenvalue weighted by Gasteiger charge is -2.32. The van der Waals surface area contributed by atoms with Gasteiger partial charge in [0.25, 0.3) is 0 Å². The molecule has 2 aromatic heterocycles. The molecule has 4 rings (SSSR count). The van der Waals surface area contributed by atoms with Crippen molar-refractivity contribution < 1.29 is 9.32 Å². The summed E-state index contributed by atoms with van der Waals surface area (Å²) < 4.78 is 5.39. The number of likely N-dealkylation sites (tertiary alicyclic amines) is 1. The first-order valence-electron chi connectivity index (χ1n) is 10.4. The van der Waals surface area contributed by atoms with E-state index < -0.39 is 0 Å². The van der Waals surface area contributed by atoms with E-state index in [-0.39, 0.29) is 6.03 Å². The highest BCUT2D eigenvalue weighted by atomic mass is 16.5. The van der Waals surface area contributed by atoms with Crippen LogP contribution in [0, 0.1) is 5.92 Å². The lowest BCUT2D eigenvalue weighted by molar-refractivity contribution is 0.161. The van der Waals surface area contributed by atoms with Gasteiger partial charge in [-0.15, -0.1) is 0 Å². The molecule has 8 heteroatoms. The van der Waals surface area contributed by atoms with Crippen LogP contribution < -0.4 is 5.32 Å². The predicted octanol–water partition coefficient (Wildman–Crippen LogP) is 3.12. The summed E-state index contributed by atoms with van der Waals surface area (Å²) in [5.74, 6) is 1.33. The van der Waals surface area contributed by atoms with Crippen LogP contribution in [0.2, 0.25) is 0 Å². The maximum Gasteiger partial charge on any atom is 0.317 e. The van der Waals surface area contributed by atoms with Crippen molar-refractivity contribution in [2.45, 2.75) is 32.1 Å². The Morgan fingerprint density at radius 3 is 2.97 bits per heavy atom. The molecule has 0 bridgehead atoms. The van der Waals surface area contributed by atoms with Gasteiger partial charge in [0, 0.05) is 38.4 Å². The number of aryl methyl sites for hydroxylation is 1. The number of nitrogens with one attached hydrogen (secondary N) is 1. The molecule has 30 heavy (non-hydrogen) atoms. The number of hydrogen-bond donors (Lipinski definition) is 1. The van der Waals surface area contributed by atoms with Crippen LogP contribution in [0.15, 0.2) is 53.4 Å². The Morgan fingerprint density at radius 2 is 2.13 bits per heavy atom. The van der Waals surface area contributed by atoms with Crippen LogP contribution in [0.5, 0.6) is 0 Å². The van der Waals surface area contributed by atoms with E-state index in [1.807, 2.05) is 23.1 Å². The lowest BCUT2D eigenvalue weighted by atomic mass is 9.95. The molecule has 1 aliphatic heterocycles. The molecule has 2 amide bonds. The molecule has 1 aliphatic rings. The number of nitrogens with zero attached hydrogens (tertiary/aromatic N) is 5. The summed E-state index contributed by atoms with van der Waals surface area (Å²) in [6, 6.07) is 10.3. The monoisotopic (exact) mass is 406 g/mol. The normalized spacial score (nSPS) is 16.4. The first-order valence-corrected chi connectivity index (χ1v) is 10.4. The first kappa shape index (κ1) is 20.0. The quantitative estimate of drug-likeness (QED) is 0.606. The van der Waals surface area contributed by atoms with Crippen molar-refractivity contribution in [1.29, 1.82) is 0 Å². The third kappa shape index (κ3) is 5.40. The van der Waals surface area contributed by atoms with Gasteiger partial charge >= 0.3 is 6.03 Å². The summed E-state index contributed by atoms with van der Waals surface area (Å²) >= 11 is 0. The highest BCUT2D eigenvalue weighted by Gasteiger charge is 2.25. The van der Waals surface area contributed by atoms with E-state index in [2.05, 4.69) is 37.6 Å². The molecule has 3 aromatic rings. The molecule has 0 saturated carbocycles. The number of benzene rings is 1. The van der Waals surface area contributed by atoms with Crippen molar-refractivity contribution in [3.8, 4) is 11.5 Å². The van der Waals surface area contributed by atoms with Gasteiger partial charge in [0.05, 0.1) is 6.20 Å². The zero-order chi connectivity index (χ0) is 20.6. The number of urea groups is 1. The van der Waals surface area contributed by atoms with Gasteiger partial charge < -0.3 is 14.7 Å². The summed E-state index contributed by atoms with van der Waals surface area (Å²) in [5.41, 5.74) is 1.89. The zero-order valence-corrected chi connectivity index (χ0v) is 16.9. The molecule has 3 heterocycles. The van der Waals surface area contributed by atoms with Gasteiger partial charge in [-0.2, -0.15) is 4.98 Å². The van der Waals surface area contributed by atoms with Crippen molar-refractivity contribution in [2.24, 2.45) is 5.92 Å². The summed E-state index contributed by atoms with van der Waals surface area (Å²) in [6.45, 7) is 2.17. The van der Waals surface area contributed by atoms with E-state index >= 15 is 0 Å². The second kappa shape index (κ2) is 9.96. The standard InChI is InChI=1S/C22H26N6O2/c29-22(25-10-4-8-17-6-2-1-3-7-17)28-13-5-9-18(16-28)14-20-26-21(27-30-20)19-15-23-11-12-24-19/h1-3,6-7,11-12,15,18H,4-5,8-10,13-14,16H2,(H,25,29). The second-order valence-corrected chi connectivity index (χ2v) is 7.58. The van der Waals surface area contributed by atoms with Crippen LogP contribution in [0.4, 0.5) is 4.79 Å². The fourth-order valence-corrected chi connectivity index (χ4v) is 3.76. The van der Waals surface area contributed by atoms with Gasteiger partial charge in [-0.3, -0.25) is 4.98 Å². The van der Waals surface area contributed by atoms with Crippen LogP contribution in [-0.2, 0) is 12.8 Å². The third-order valence-electron chi connectivity index (χ3n) is 5.29. The van der Waals surface area contributed by atoms with Gasteiger partial charge in [-0.1, -0.05) is 35.5 Å². The van der Waals surface area contributed by atoms with E-state index in [9.17, 15) is 4.79 Å². The second-order valence-electron chi connectivity index (χ2n) is 7.58. The fourth-order valence-electron chi connectivity index (χ4n) is 3.76. The number of carbonyl (C=O) groups excluding carboxylic acids is 1. The number of aromatic nitrogens is 4. The first-order chi connectivity index (χ1) is 14.8. The van der Waals surface area contributed by atoms with Gasteiger partial charge in [-0.25, -0.2) is 9.78 Å². The Kier molecular flexibility index (Phi) is 6.64. The number of carbonyl (C=O) groups is 1. The number of piperidine rings is 1. The molecule has 1 fully saturated rings. The Bertz CT molecular complexity index is 931. The van der Waals surface area contributed by atoms with E-state index in [0.717, 1.165) is 32.2 Å². The Hall–Kier alpha value is -3.29. The Morgan fingerprint density at radius 1 is 1.23 bits per heavy atom. The summed E-state index contributed by atoms with van der Waals surface area (Å²) in [4.78, 5) is 27.1. The van der Waals surface area contributed by atoms with Gasteiger partial charge in [0.1, 0.15) is 5.69 Å². The minimum absolute atomic E-state index is 0.0125. The molecule has 156 valence electrons. The van der Waals surface area contributed by atoms with Gasteiger partial charge in [0.2, 0.25) is 11.7 Å². The average Bonchev–Trinajstić information content (AvgIpc) is 3.26. The molecule has 1 aromatic carbocycles. The largest absolute Gasteiger partial charge is 0.339 e. The summed E-state index contributed by atoms with van der Waals surface area (Å²) in [6.07, 6.45) is 9.39. The molecule has 0 aliphatic carbocycles. The van der Waals surface area contributed by atoms with Crippen molar-refractivity contribution in [1.82, 2.24) is 30.3 Å². The maximum atomic E-state index is 12.5. The van der Waals surface area contributed by atoms with E-state index in [1.54, 1.807) is 18.6 Å². The fraction of sp³-hybridized carbons (Fsp3) is 0.409. The Balaban J connectivity index is 1.23. The van der Waals surface area contributed by atoms with Crippen LogP contribution in [0.25, 0.3) is 11.5 Å². The van der Waals surface area contributed by atoms with E-state index in [4.69, 9.17) is 4.52 Å². The summed E-state index contributed by atoms with van der Waals surface area (Å²) in [7, 11) is 0. The zero-order valence-electron chi connectivity index (χ0n) is 16.9. The molecule has 8 nitrogen and oxygen atoms in total. The topological polar surface area (TPSA) is 97.0 Å². The third-order valence-corrected chi connectivity index (χ3v) is 5.29. The predicted molar refractivity (Wildman–Crippen MR) is 111 cm³/mol. The van der Waals surface area contributed by atoms with Crippen LogP contribution in [0.3, 0.4) is 0 Å². The van der Waals surface area contributed by atoms with Crippen molar-refractivity contribution >= 4 is 6.03 Å². The number of amides is 2.